The molecule has 2 aliphatic heterocycles. The Kier molecular flexibility index (Phi) is 11.1. The van der Waals surface area contributed by atoms with Gasteiger partial charge in [0.25, 0.3) is 0 Å². The average molecular weight is 750 g/mol. The molecule has 5 rings (SSSR count). The number of hydrogen-bond donors (Lipinski definition) is 6. The molecule has 0 amide bonds. The molecule has 0 saturated carbocycles. The molecule has 19 nitrogen and oxygen atoms in total. The quantitative estimate of drug-likeness (QED) is 0.0919. The molecule has 0 aromatic heterocycles. The van der Waals surface area contributed by atoms with Crippen molar-refractivity contribution in [3.63, 3.8) is 0 Å². The Bertz CT molecular complexity index is 1740. The molecule has 1 saturated heterocycles. The summed E-state index contributed by atoms with van der Waals surface area (Å²) >= 11 is 0. The molecule has 0 radical (unpaired) electrons. The highest BCUT2D eigenvalue weighted by atomic mass is 16.6. The molecule has 1 spiro atoms. The minimum atomic E-state index is -2.25. The molecule has 1 aromatic carbocycles. The number of carbonyl (C=O) groups is 7. The molecule has 2 heterocycles. The monoisotopic (exact) mass is 749 g/mol. The van der Waals surface area contributed by atoms with Gasteiger partial charge in [0, 0.05) is 23.6 Å². The van der Waals surface area contributed by atoms with Gasteiger partial charge in [-0.15, -0.1) is 0 Å². The van der Waals surface area contributed by atoms with Crippen molar-refractivity contribution < 1.29 is 87.9 Å². The number of esters is 4. The Hall–Kier alpha value is -5.11. The van der Waals surface area contributed by atoms with Crippen molar-refractivity contribution in [1.82, 2.24) is 4.90 Å². The summed E-state index contributed by atoms with van der Waals surface area (Å²) in [5.74, 6) is -10.6. The zero-order valence-corrected chi connectivity index (χ0v) is 28.6. The maximum Gasteiger partial charge on any atom is 0.348 e. The smallest absolute Gasteiger partial charge is 0.348 e. The van der Waals surface area contributed by atoms with Crippen LogP contribution in [0.2, 0.25) is 0 Å². The number of aliphatic carboxylic acids is 3. The van der Waals surface area contributed by atoms with E-state index >= 15 is 0 Å². The van der Waals surface area contributed by atoms with Crippen molar-refractivity contribution in [1.29, 1.82) is 0 Å². The fourth-order valence-corrected chi connectivity index (χ4v) is 7.71. The highest BCUT2D eigenvalue weighted by Crippen LogP contribution is 2.64. The molecule has 4 aliphatic rings. The predicted molar refractivity (Wildman–Crippen MR) is 170 cm³/mol. The lowest BCUT2D eigenvalue weighted by molar-refractivity contribution is -0.185. The Labute approximate surface area is 300 Å². The number of carboxylic acid groups (broad SMARTS) is 3. The first kappa shape index (κ1) is 39.1. The summed E-state index contributed by atoms with van der Waals surface area (Å²) in [5.41, 5.74) is -0.415. The lowest BCUT2D eigenvalue weighted by Gasteiger charge is -2.56. The van der Waals surface area contributed by atoms with E-state index in [2.05, 4.69) is 9.64 Å². The fraction of sp³-hybridized carbons (Fsp3) is 0.559. The highest BCUT2D eigenvalue weighted by Gasteiger charge is 2.70. The van der Waals surface area contributed by atoms with Crippen molar-refractivity contribution in [2.24, 2.45) is 0 Å². The van der Waals surface area contributed by atoms with Gasteiger partial charge in [0.15, 0.2) is 18.3 Å². The van der Waals surface area contributed by atoms with E-state index in [1.807, 2.05) is 13.1 Å². The molecular formula is C34H39NO18. The first-order valence-electron chi connectivity index (χ1n) is 16.7. The Morgan fingerprint density at radius 3 is 2.30 bits per heavy atom. The maximum absolute atomic E-state index is 13.5. The van der Waals surface area contributed by atoms with Gasteiger partial charge in [0.05, 0.1) is 36.9 Å². The van der Waals surface area contributed by atoms with E-state index in [9.17, 15) is 48.9 Å². The van der Waals surface area contributed by atoms with Crippen LogP contribution < -0.4 is 4.74 Å². The molecule has 53 heavy (non-hydrogen) atoms. The molecule has 288 valence electrons. The van der Waals surface area contributed by atoms with Crippen LogP contribution in [0.3, 0.4) is 0 Å². The van der Waals surface area contributed by atoms with E-state index < -0.39 is 103 Å². The number of likely N-dealkylation sites (N-methyl/N-ethyl adjacent to an activating group) is 1. The van der Waals surface area contributed by atoms with Crippen LogP contribution in [0.4, 0.5) is 0 Å². The number of aliphatic hydroxyl groups is 3. The summed E-state index contributed by atoms with van der Waals surface area (Å²) in [5, 5.41) is 59.3. The van der Waals surface area contributed by atoms with Crippen molar-refractivity contribution in [2.45, 2.75) is 106 Å². The van der Waals surface area contributed by atoms with Crippen LogP contribution >= 0.6 is 0 Å². The molecule has 2 bridgehead atoms. The third-order valence-corrected chi connectivity index (χ3v) is 10.1. The molecular weight excluding hydrogens is 710 g/mol. The number of carboxylic acids is 3. The van der Waals surface area contributed by atoms with Crippen LogP contribution in [-0.2, 0) is 71.0 Å². The first-order valence-corrected chi connectivity index (χ1v) is 16.7. The van der Waals surface area contributed by atoms with E-state index in [-0.39, 0.29) is 24.8 Å². The highest BCUT2D eigenvalue weighted by molar-refractivity contribution is 5.89. The lowest BCUT2D eigenvalue weighted by Crippen LogP contribution is -2.69. The van der Waals surface area contributed by atoms with Gasteiger partial charge in [-0.1, -0.05) is 12.1 Å². The minimum Gasteiger partial charge on any atom is -0.481 e. The zero-order valence-electron chi connectivity index (χ0n) is 28.6. The van der Waals surface area contributed by atoms with Crippen molar-refractivity contribution >= 4 is 41.8 Å². The summed E-state index contributed by atoms with van der Waals surface area (Å²) in [6.45, 7) is 1.20. The summed E-state index contributed by atoms with van der Waals surface area (Å²) < 4.78 is 26.7. The third-order valence-electron chi connectivity index (χ3n) is 10.1. The summed E-state index contributed by atoms with van der Waals surface area (Å²) in [6, 6.07) is 3.26. The molecule has 8 atom stereocenters. The van der Waals surface area contributed by atoms with Crippen LogP contribution in [0.15, 0.2) is 24.0 Å². The van der Waals surface area contributed by atoms with Gasteiger partial charge in [0.1, 0.15) is 11.5 Å². The Balaban J connectivity index is 1.38. The normalized spacial score (nSPS) is 26.2. The number of benzene rings is 1. The largest absolute Gasteiger partial charge is 0.481 e. The topological polar surface area (TPSA) is 290 Å². The molecule has 1 aromatic rings. The standard InChI is InChI=1S/C34H39NO18/c1-15(31(46)52-20(30(44)45)12-23(38)39)49-32(47)21(51-24(40)11-18(37)29(42)43)13-25(41)50-19-6-8-34(48)22-10-16-4-5-17(14-36)27-26(16)33(34,28(19)53-27)7-3-9-35(22)2/h4-6,15,18,20-22,28,36-37,48H,3,7-14H2,1-2H3,(H,38,39)(H,42,43)(H,44,45)/t15-,18-,20-,21-,22+,28-,33-,34+/m0/s1. The predicted octanol–water partition coefficient (Wildman–Crippen LogP) is -1.07. The van der Waals surface area contributed by atoms with Gasteiger partial charge in [-0.05, 0) is 51.4 Å². The van der Waals surface area contributed by atoms with Crippen LogP contribution in [0.25, 0.3) is 0 Å². The number of aliphatic hydroxyl groups excluding tert-OH is 2. The number of nitrogens with zero attached hydrogens (tertiary/aromatic N) is 1. The van der Waals surface area contributed by atoms with Crippen molar-refractivity contribution in [2.75, 3.05) is 13.6 Å². The van der Waals surface area contributed by atoms with Crippen LogP contribution in [0, 0.1) is 0 Å². The molecule has 2 aliphatic carbocycles. The van der Waals surface area contributed by atoms with E-state index in [0.717, 1.165) is 12.5 Å². The van der Waals surface area contributed by atoms with Crippen LogP contribution in [0.5, 0.6) is 5.75 Å². The summed E-state index contributed by atoms with van der Waals surface area (Å²) in [7, 11) is 1.91. The molecule has 1 fully saturated rings. The van der Waals surface area contributed by atoms with Crippen molar-refractivity contribution in [3.8, 4) is 5.75 Å². The lowest BCUT2D eigenvalue weighted by atomic mass is 9.52. The number of likely N-dealkylation sites (tertiary alicyclic amines) is 1. The molecule has 0 unspecified atom stereocenters. The second kappa shape index (κ2) is 15.1. The van der Waals surface area contributed by atoms with Gasteiger partial charge < -0.3 is 59.2 Å². The molecule has 19 heteroatoms. The Morgan fingerprint density at radius 1 is 0.943 bits per heavy atom. The van der Waals surface area contributed by atoms with E-state index in [1.165, 1.54) is 6.08 Å². The Morgan fingerprint density at radius 2 is 1.66 bits per heavy atom. The number of ether oxygens (including phenoxy) is 5. The van der Waals surface area contributed by atoms with E-state index in [1.54, 1.807) is 6.07 Å². The van der Waals surface area contributed by atoms with Gasteiger partial charge in [-0.2, -0.15) is 0 Å². The number of hydrogen-bond acceptors (Lipinski definition) is 16. The van der Waals surface area contributed by atoms with Gasteiger partial charge in [-0.25, -0.2) is 19.2 Å². The van der Waals surface area contributed by atoms with E-state index in [4.69, 9.17) is 34.3 Å². The average Bonchev–Trinajstić information content (AvgIpc) is 3.42. The van der Waals surface area contributed by atoms with Gasteiger partial charge in [0.2, 0.25) is 12.2 Å². The van der Waals surface area contributed by atoms with Gasteiger partial charge in [-0.3, -0.25) is 14.4 Å². The third kappa shape index (κ3) is 7.28. The summed E-state index contributed by atoms with van der Waals surface area (Å²) in [6.07, 6.45) is -9.91. The van der Waals surface area contributed by atoms with Crippen molar-refractivity contribution in [3.05, 3.63) is 40.7 Å². The number of rotatable bonds is 15. The first-order chi connectivity index (χ1) is 24.9. The fourth-order valence-electron chi connectivity index (χ4n) is 7.71. The SMILES string of the molecule is C[C@H](OC(=O)[C@H](CC(=O)OC1=CC[C@@]2(O)[C@H]3Cc4ccc(CO)c5c4[C@@]2(CCCN3C)[C@H]1O5)OC(=O)C[C@H](O)C(=O)O)C(=O)O[C@@H](CC(=O)O)C(=O)O. The molecule has 6 N–H and O–H groups in total. The maximum atomic E-state index is 13.5. The number of carbonyl (C=O) groups excluding carboxylic acids is 4. The van der Waals surface area contributed by atoms with Gasteiger partial charge >= 0.3 is 41.8 Å². The summed E-state index contributed by atoms with van der Waals surface area (Å²) in [4.78, 5) is 87.1. The van der Waals surface area contributed by atoms with E-state index in [0.29, 0.717) is 42.7 Å². The van der Waals surface area contributed by atoms with Crippen LogP contribution in [0.1, 0.15) is 62.1 Å². The minimum absolute atomic E-state index is 0.0269. The zero-order chi connectivity index (χ0) is 39.0. The van der Waals surface area contributed by atoms with Crippen LogP contribution in [-0.4, -0.2) is 133 Å². The second-order valence-corrected chi connectivity index (χ2v) is 13.4. The second-order valence-electron chi connectivity index (χ2n) is 13.4.